The number of anilines is 3. The normalized spacial score (nSPS) is 10.4. The van der Waals surface area contributed by atoms with Crippen molar-refractivity contribution < 1.29 is 4.39 Å². The first kappa shape index (κ1) is 14.5. The number of halogens is 2. The molecule has 0 unspecified atom stereocenters. The molecule has 0 saturated carbocycles. The van der Waals surface area contributed by atoms with Gasteiger partial charge in [0.15, 0.2) is 0 Å². The van der Waals surface area contributed by atoms with Crippen LogP contribution in [0.4, 0.5) is 21.7 Å². The third-order valence-corrected chi connectivity index (χ3v) is 3.06. The summed E-state index contributed by atoms with van der Waals surface area (Å²) in [5.41, 5.74) is 1.26. The lowest BCUT2D eigenvalue weighted by atomic mass is 10.2. The van der Waals surface area contributed by atoms with Crippen molar-refractivity contribution in [1.29, 1.82) is 0 Å². The van der Waals surface area contributed by atoms with Gasteiger partial charge in [0.1, 0.15) is 23.8 Å². The number of nitrogens with zero attached hydrogens (tertiary/aromatic N) is 2. The zero-order valence-corrected chi connectivity index (χ0v) is 12.1. The molecule has 4 nitrogen and oxygen atoms in total. The Bertz CT molecular complexity index is 604. The molecule has 0 amide bonds. The molecule has 6 heteroatoms. The van der Waals surface area contributed by atoms with Crippen LogP contribution < -0.4 is 10.6 Å². The zero-order chi connectivity index (χ0) is 14.5. The third-order valence-electron chi connectivity index (χ3n) is 2.83. The number of hydrogen-bond acceptors (Lipinski definition) is 4. The SMILES string of the molecule is CCNc1ncnc(Nc2ccc(Cl)cc2F)c1CC. The topological polar surface area (TPSA) is 49.8 Å². The Morgan fingerprint density at radius 2 is 1.95 bits per heavy atom. The molecule has 0 aliphatic heterocycles. The van der Waals surface area contributed by atoms with E-state index in [1.165, 1.54) is 12.4 Å². The average molecular weight is 295 g/mol. The standard InChI is InChI=1S/C14H16ClFN4/c1-3-10-13(17-4-2)18-8-19-14(10)20-12-6-5-9(15)7-11(12)16/h5-8H,3-4H2,1-2H3,(H2,17,18,19,20). The number of rotatable bonds is 5. The maximum Gasteiger partial charge on any atom is 0.148 e. The molecule has 2 N–H and O–H groups in total. The Kier molecular flexibility index (Phi) is 4.74. The Morgan fingerprint density at radius 1 is 1.20 bits per heavy atom. The van der Waals surface area contributed by atoms with Gasteiger partial charge in [0.05, 0.1) is 5.69 Å². The minimum Gasteiger partial charge on any atom is -0.370 e. The van der Waals surface area contributed by atoms with Gasteiger partial charge in [-0.05, 0) is 31.5 Å². The molecule has 1 aromatic heterocycles. The molecular formula is C14H16ClFN4. The van der Waals surface area contributed by atoms with Gasteiger partial charge in [0.25, 0.3) is 0 Å². The van der Waals surface area contributed by atoms with Crippen LogP contribution >= 0.6 is 11.6 Å². The number of benzene rings is 1. The minimum atomic E-state index is -0.414. The summed E-state index contributed by atoms with van der Waals surface area (Å²) in [5.74, 6) is 0.949. The maximum atomic E-state index is 13.8. The van der Waals surface area contributed by atoms with Crippen molar-refractivity contribution in [2.45, 2.75) is 20.3 Å². The van der Waals surface area contributed by atoms with Gasteiger partial charge in [-0.3, -0.25) is 0 Å². The Hall–Kier alpha value is -1.88. The molecule has 0 aliphatic rings. The van der Waals surface area contributed by atoms with Crippen molar-refractivity contribution in [1.82, 2.24) is 9.97 Å². The van der Waals surface area contributed by atoms with Crippen LogP contribution in [0.3, 0.4) is 0 Å². The summed E-state index contributed by atoms with van der Waals surface area (Å²) in [5, 5.41) is 6.52. The second-order valence-electron chi connectivity index (χ2n) is 4.18. The number of nitrogens with one attached hydrogen (secondary N) is 2. The highest BCUT2D eigenvalue weighted by atomic mass is 35.5. The third kappa shape index (κ3) is 3.17. The first-order chi connectivity index (χ1) is 9.65. The summed E-state index contributed by atoms with van der Waals surface area (Å²) in [4.78, 5) is 8.39. The van der Waals surface area contributed by atoms with Gasteiger partial charge in [-0.25, -0.2) is 14.4 Å². The van der Waals surface area contributed by atoms with E-state index in [0.717, 1.165) is 24.3 Å². The highest BCUT2D eigenvalue weighted by molar-refractivity contribution is 6.30. The molecule has 0 bridgehead atoms. The second-order valence-corrected chi connectivity index (χ2v) is 4.62. The minimum absolute atomic E-state index is 0.338. The van der Waals surface area contributed by atoms with Crippen molar-refractivity contribution in [3.05, 3.63) is 40.9 Å². The number of hydrogen-bond donors (Lipinski definition) is 2. The second kappa shape index (κ2) is 6.52. The predicted octanol–water partition coefficient (Wildman–Crippen LogP) is 4.01. The summed E-state index contributed by atoms with van der Waals surface area (Å²) in [7, 11) is 0. The smallest absolute Gasteiger partial charge is 0.148 e. The van der Waals surface area contributed by atoms with Gasteiger partial charge < -0.3 is 10.6 Å². The van der Waals surface area contributed by atoms with E-state index in [4.69, 9.17) is 11.6 Å². The summed E-state index contributed by atoms with van der Waals surface area (Å²) in [6.45, 7) is 4.76. The monoisotopic (exact) mass is 294 g/mol. The molecular weight excluding hydrogens is 279 g/mol. The molecule has 0 fully saturated rings. The number of aromatic nitrogens is 2. The lowest BCUT2D eigenvalue weighted by molar-refractivity contribution is 0.632. The van der Waals surface area contributed by atoms with Gasteiger partial charge in [-0.15, -0.1) is 0 Å². The molecule has 0 saturated heterocycles. The van der Waals surface area contributed by atoms with Crippen LogP contribution in [0.2, 0.25) is 5.02 Å². The van der Waals surface area contributed by atoms with Gasteiger partial charge in [0.2, 0.25) is 0 Å². The Balaban J connectivity index is 2.35. The van der Waals surface area contributed by atoms with E-state index in [-0.39, 0.29) is 0 Å². The quantitative estimate of drug-likeness (QED) is 0.875. The predicted molar refractivity (Wildman–Crippen MR) is 80.3 cm³/mol. The lowest BCUT2D eigenvalue weighted by Crippen LogP contribution is -2.08. The summed E-state index contributed by atoms with van der Waals surface area (Å²) >= 11 is 5.74. The van der Waals surface area contributed by atoms with Crippen molar-refractivity contribution in [3.63, 3.8) is 0 Å². The van der Waals surface area contributed by atoms with Crippen LogP contribution in [-0.4, -0.2) is 16.5 Å². The fourth-order valence-corrected chi connectivity index (χ4v) is 2.05. The van der Waals surface area contributed by atoms with Gasteiger partial charge in [-0.1, -0.05) is 18.5 Å². The molecule has 1 heterocycles. The molecule has 0 spiro atoms. The van der Waals surface area contributed by atoms with Crippen LogP contribution in [0.1, 0.15) is 19.4 Å². The molecule has 0 aliphatic carbocycles. The molecule has 106 valence electrons. The molecule has 1 aromatic carbocycles. The average Bonchev–Trinajstić information content (AvgIpc) is 2.42. The molecule has 2 aromatic rings. The van der Waals surface area contributed by atoms with Crippen molar-refractivity contribution in [3.8, 4) is 0 Å². The lowest BCUT2D eigenvalue weighted by Gasteiger charge is -2.14. The van der Waals surface area contributed by atoms with E-state index in [1.807, 2.05) is 13.8 Å². The molecule has 0 atom stereocenters. The van der Waals surface area contributed by atoms with Crippen molar-refractivity contribution in [2.75, 3.05) is 17.2 Å². The highest BCUT2D eigenvalue weighted by Gasteiger charge is 2.11. The molecule has 20 heavy (non-hydrogen) atoms. The summed E-state index contributed by atoms with van der Waals surface area (Å²) in [6.07, 6.45) is 2.19. The van der Waals surface area contributed by atoms with Crippen LogP contribution in [-0.2, 0) is 6.42 Å². The Labute approximate surface area is 122 Å². The van der Waals surface area contributed by atoms with Crippen LogP contribution in [0.15, 0.2) is 24.5 Å². The van der Waals surface area contributed by atoms with Crippen molar-refractivity contribution in [2.24, 2.45) is 0 Å². The van der Waals surface area contributed by atoms with E-state index in [0.29, 0.717) is 16.5 Å². The van der Waals surface area contributed by atoms with Crippen LogP contribution in [0.5, 0.6) is 0 Å². The van der Waals surface area contributed by atoms with E-state index in [9.17, 15) is 4.39 Å². The van der Waals surface area contributed by atoms with Gasteiger partial charge in [0, 0.05) is 17.1 Å². The highest BCUT2D eigenvalue weighted by Crippen LogP contribution is 2.26. The largest absolute Gasteiger partial charge is 0.370 e. The van der Waals surface area contributed by atoms with E-state index < -0.39 is 5.82 Å². The van der Waals surface area contributed by atoms with E-state index in [2.05, 4.69) is 20.6 Å². The van der Waals surface area contributed by atoms with Crippen molar-refractivity contribution >= 4 is 28.9 Å². The summed E-state index contributed by atoms with van der Waals surface area (Å²) < 4.78 is 13.8. The first-order valence-electron chi connectivity index (χ1n) is 6.45. The van der Waals surface area contributed by atoms with E-state index >= 15 is 0 Å². The summed E-state index contributed by atoms with van der Waals surface area (Å²) in [6, 6.07) is 4.49. The van der Waals surface area contributed by atoms with Gasteiger partial charge in [-0.2, -0.15) is 0 Å². The van der Waals surface area contributed by atoms with Gasteiger partial charge >= 0.3 is 0 Å². The molecule has 2 rings (SSSR count). The fraction of sp³-hybridized carbons (Fsp3) is 0.286. The van der Waals surface area contributed by atoms with E-state index in [1.54, 1.807) is 12.1 Å². The zero-order valence-electron chi connectivity index (χ0n) is 11.4. The maximum absolute atomic E-state index is 13.8. The Morgan fingerprint density at radius 3 is 2.60 bits per heavy atom. The first-order valence-corrected chi connectivity index (χ1v) is 6.83. The van der Waals surface area contributed by atoms with Crippen LogP contribution in [0.25, 0.3) is 0 Å². The van der Waals surface area contributed by atoms with Crippen LogP contribution in [0, 0.1) is 5.82 Å². The fourth-order valence-electron chi connectivity index (χ4n) is 1.89. The molecule has 0 radical (unpaired) electrons.